The van der Waals surface area contributed by atoms with Crippen LogP contribution in [0.15, 0.2) is 66.7 Å². The second-order valence-electron chi connectivity index (χ2n) is 7.75. The standard InChI is InChI=1S/C24H16F6N6O/c25-23(26,27)14-9-15(24(28,29)30)11-16(10-14)33-21-19-4-2-1-3-18(19)20(34-35-21)13-5-7-17(8-6-13)36(12-31)22(32)37/h1-12,31H,(H2,32,37)(H,33,35). The van der Waals surface area contributed by atoms with Crippen molar-refractivity contribution in [3.63, 3.8) is 0 Å². The Balaban J connectivity index is 1.77. The van der Waals surface area contributed by atoms with Crippen LogP contribution in [0.2, 0.25) is 0 Å². The molecule has 0 aliphatic heterocycles. The van der Waals surface area contributed by atoms with Gasteiger partial charge in [0.15, 0.2) is 5.82 Å². The van der Waals surface area contributed by atoms with E-state index in [-0.39, 0.29) is 11.9 Å². The van der Waals surface area contributed by atoms with Crippen molar-refractivity contribution in [2.75, 3.05) is 10.2 Å². The minimum absolute atomic E-state index is 0.0412. The molecule has 1 aromatic heterocycles. The molecule has 4 aromatic rings. The van der Waals surface area contributed by atoms with E-state index < -0.39 is 35.2 Å². The van der Waals surface area contributed by atoms with Crippen LogP contribution < -0.4 is 16.0 Å². The molecular weight excluding hydrogens is 502 g/mol. The van der Waals surface area contributed by atoms with E-state index in [0.29, 0.717) is 39.8 Å². The molecule has 4 rings (SSSR count). The number of nitrogens with zero attached hydrogens (tertiary/aromatic N) is 3. The van der Waals surface area contributed by atoms with Gasteiger partial charge in [-0.15, -0.1) is 10.2 Å². The van der Waals surface area contributed by atoms with Crippen LogP contribution in [0.25, 0.3) is 22.0 Å². The SMILES string of the molecule is N=CN(C(N)=O)c1ccc(-c2nnc(Nc3cc(C(F)(F)F)cc(C(F)(F)F)c3)c3ccccc23)cc1. The van der Waals surface area contributed by atoms with Gasteiger partial charge in [-0.3, -0.25) is 10.3 Å². The van der Waals surface area contributed by atoms with Crippen molar-refractivity contribution in [3.8, 4) is 11.3 Å². The van der Waals surface area contributed by atoms with Crippen molar-refractivity contribution >= 4 is 40.3 Å². The van der Waals surface area contributed by atoms with Gasteiger partial charge in [0.2, 0.25) is 0 Å². The number of hydrogen-bond donors (Lipinski definition) is 3. The van der Waals surface area contributed by atoms with Gasteiger partial charge in [0.25, 0.3) is 0 Å². The molecule has 13 heteroatoms. The second kappa shape index (κ2) is 9.41. The van der Waals surface area contributed by atoms with Gasteiger partial charge in [0, 0.05) is 22.0 Å². The Bertz CT molecular complexity index is 1450. The Hall–Kier alpha value is -4.68. The lowest BCUT2D eigenvalue weighted by Crippen LogP contribution is -2.34. The van der Waals surface area contributed by atoms with E-state index in [9.17, 15) is 31.1 Å². The number of primary amides is 1. The van der Waals surface area contributed by atoms with E-state index in [4.69, 9.17) is 11.1 Å². The van der Waals surface area contributed by atoms with Crippen molar-refractivity contribution in [1.29, 1.82) is 5.41 Å². The molecule has 0 radical (unpaired) electrons. The smallest absolute Gasteiger partial charge is 0.351 e. The Kier molecular flexibility index (Phi) is 6.46. The summed E-state index contributed by atoms with van der Waals surface area (Å²) in [6.45, 7) is 0. The highest BCUT2D eigenvalue weighted by atomic mass is 19.4. The van der Waals surface area contributed by atoms with E-state index in [0.717, 1.165) is 11.2 Å². The number of nitrogens with one attached hydrogen (secondary N) is 2. The highest BCUT2D eigenvalue weighted by molar-refractivity contribution is 6.06. The number of nitrogens with two attached hydrogens (primary N) is 1. The van der Waals surface area contributed by atoms with Gasteiger partial charge >= 0.3 is 18.4 Å². The molecule has 0 spiro atoms. The van der Waals surface area contributed by atoms with E-state index in [1.807, 2.05) is 0 Å². The van der Waals surface area contributed by atoms with Crippen molar-refractivity contribution in [3.05, 3.63) is 77.9 Å². The molecule has 0 bridgehead atoms. The molecule has 0 saturated carbocycles. The number of amides is 2. The average Bonchev–Trinajstić information content (AvgIpc) is 2.84. The normalized spacial score (nSPS) is 11.8. The van der Waals surface area contributed by atoms with Crippen molar-refractivity contribution in [1.82, 2.24) is 10.2 Å². The van der Waals surface area contributed by atoms with Gasteiger partial charge in [-0.1, -0.05) is 36.4 Å². The lowest BCUT2D eigenvalue weighted by Gasteiger charge is -2.16. The molecule has 2 amide bonds. The Morgan fingerprint density at radius 1 is 0.865 bits per heavy atom. The van der Waals surface area contributed by atoms with Crippen LogP contribution in [0.1, 0.15) is 11.1 Å². The zero-order valence-electron chi connectivity index (χ0n) is 18.5. The lowest BCUT2D eigenvalue weighted by molar-refractivity contribution is -0.143. The average molecular weight is 518 g/mol. The lowest BCUT2D eigenvalue weighted by atomic mass is 10.0. The summed E-state index contributed by atoms with van der Waals surface area (Å²) in [5.74, 6) is -0.0490. The highest BCUT2D eigenvalue weighted by Gasteiger charge is 2.37. The number of alkyl halides is 6. The van der Waals surface area contributed by atoms with Crippen LogP contribution >= 0.6 is 0 Å². The third kappa shape index (κ3) is 5.29. The van der Waals surface area contributed by atoms with Crippen LogP contribution in [-0.2, 0) is 12.4 Å². The van der Waals surface area contributed by atoms with Crippen LogP contribution in [0.4, 0.5) is 48.3 Å². The first-order valence-corrected chi connectivity index (χ1v) is 10.4. The van der Waals surface area contributed by atoms with E-state index in [1.54, 1.807) is 36.4 Å². The number of anilines is 3. The number of halogens is 6. The molecule has 0 unspecified atom stereocenters. The number of hydrogen-bond acceptors (Lipinski definition) is 5. The summed E-state index contributed by atoms with van der Waals surface area (Å²) >= 11 is 0. The number of rotatable bonds is 5. The maximum atomic E-state index is 13.2. The quantitative estimate of drug-likeness (QED) is 0.158. The van der Waals surface area contributed by atoms with Crippen LogP contribution in [-0.4, -0.2) is 22.6 Å². The molecule has 4 N–H and O–H groups in total. The molecule has 0 aliphatic rings. The fourth-order valence-corrected chi connectivity index (χ4v) is 3.62. The number of carbonyl (C=O) groups excluding carboxylic acids is 1. The summed E-state index contributed by atoms with van der Waals surface area (Å²) < 4.78 is 79.5. The van der Waals surface area contributed by atoms with Gasteiger partial charge in [0.1, 0.15) is 5.69 Å². The van der Waals surface area contributed by atoms with Gasteiger partial charge in [-0.05, 0) is 30.3 Å². The van der Waals surface area contributed by atoms with Gasteiger partial charge in [-0.25, -0.2) is 4.79 Å². The van der Waals surface area contributed by atoms with E-state index >= 15 is 0 Å². The summed E-state index contributed by atoms with van der Waals surface area (Å²) in [6, 6.07) is 13.1. The summed E-state index contributed by atoms with van der Waals surface area (Å²) in [4.78, 5) is 12.4. The molecule has 0 fully saturated rings. The number of fused-ring (bicyclic) bond motifs is 1. The fourth-order valence-electron chi connectivity index (χ4n) is 3.62. The van der Waals surface area contributed by atoms with E-state index in [2.05, 4.69) is 15.5 Å². The van der Waals surface area contributed by atoms with Gasteiger partial charge < -0.3 is 11.1 Å². The number of benzene rings is 3. The molecule has 3 aromatic carbocycles. The predicted molar refractivity (Wildman–Crippen MR) is 126 cm³/mol. The van der Waals surface area contributed by atoms with Crippen LogP contribution in [0.5, 0.6) is 0 Å². The predicted octanol–water partition coefficient (Wildman–Crippen LogP) is 6.57. The third-order valence-corrected chi connectivity index (χ3v) is 5.32. The number of carbonyl (C=O) groups is 1. The molecule has 0 saturated heterocycles. The van der Waals surface area contributed by atoms with Crippen molar-refractivity contribution in [2.45, 2.75) is 12.4 Å². The fraction of sp³-hybridized carbons (Fsp3) is 0.0833. The Labute approximate surface area is 205 Å². The van der Waals surface area contributed by atoms with Crippen LogP contribution in [0.3, 0.4) is 0 Å². The Morgan fingerprint density at radius 2 is 1.43 bits per heavy atom. The number of aromatic nitrogens is 2. The first-order valence-electron chi connectivity index (χ1n) is 10.4. The first kappa shape index (κ1) is 25.4. The molecule has 7 nitrogen and oxygen atoms in total. The largest absolute Gasteiger partial charge is 0.416 e. The third-order valence-electron chi connectivity index (χ3n) is 5.32. The maximum absolute atomic E-state index is 13.2. The molecule has 1 heterocycles. The Morgan fingerprint density at radius 3 is 1.95 bits per heavy atom. The summed E-state index contributed by atoms with van der Waals surface area (Å²) in [6.07, 6.45) is -9.24. The highest BCUT2D eigenvalue weighted by Crippen LogP contribution is 2.39. The topological polar surface area (TPSA) is 108 Å². The minimum atomic E-state index is -5.00. The second-order valence-corrected chi connectivity index (χ2v) is 7.75. The molecule has 37 heavy (non-hydrogen) atoms. The zero-order valence-corrected chi connectivity index (χ0v) is 18.5. The van der Waals surface area contributed by atoms with Crippen LogP contribution in [0, 0.1) is 5.41 Å². The van der Waals surface area contributed by atoms with E-state index in [1.165, 1.54) is 12.1 Å². The number of urea groups is 1. The zero-order chi connectivity index (χ0) is 27.0. The summed E-state index contributed by atoms with van der Waals surface area (Å²) in [5.41, 5.74) is 3.08. The minimum Gasteiger partial charge on any atom is -0.351 e. The van der Waals surface area contributed by atoms with Gasteiger partial charge in [-0.2, -0.15) is 26.3 Å². The monoisotopic (exact) mass is 518 g/mol. The van der Waals surface area contributed by atoms with Crippen molar-refractivity contribution < 1.29 is 31.1 Å². The molecule has 0 aliphatic carbocycles. The maximum Gasteiger partial charge on any atom is 0.416 e. The molecule has 190 valence electrons. The summed E-state index contributed by atoms with van der Waals surface area (Å²) in [7, 11) is 0. The summed E-state index contributed by atoms with van der Waals surface area (Å²) in [5, 5.41) is 18.9. The molecule has 0 atom stereocenters. The molecular formula is C24H16F6N6O. The van der Waals surface area contributed by atoms with Crippen molar-refractivity contribution in [2.24, 2.45) is 5.73 Å². The van der Waals surface area contributed by atoms with Gasteiger partial charge in [0.05, 0.1) is 23.2 Å². The first-order chi connectivity index (χ1) is 17.4.